The van der Waals surface area contributed by atoms with Crippen LogP contribution in [0.2, 0.25) is 0 Å². The van der Waals surface area contributed by atoms with Crippen molar-refractivity contribution in [1.82, 2.24) is 5.32 Å². The summed E-state index contributed by atoms with van der Waals surface area (Å²) in [6.07, 6.45) is 4.57. The van der Waals surface area contributed by atoms with E-state index in [4.69, 9.17) is 0 Å². The van der Waals surface area contributed by atoms with Gasteiger partial charge in [-0.2, -0.15) is 0 Å². The van der Waals surface area contributed by atoms with Crippen LogP contribution in [0.25, 0.3) is 0 Å². The zero-order valence-corrected chi connectivity index (χ0v) is 14.8. The van der Waals surface area contributed by atoms with Crippen molar-refractivity contribution >= 4 is 34.8 Å². The molecule has 1 saturated heterocycles. The molecule has 0 saturated carbocycles. The number of hydrogen-bond donors (Lipinski definition) is 2. The summed E-state index contributed by atoms with van der Waals surface area (Å²) < 4.78 is 11.5. The minimum Gasteiger partial charge on any atom is -0.326 e. The van der Waals surface area contributed by atoms with E-state index in [1.165, 1.54) is 12.8 Å². The van der Waals surface area contributed by atoms with Crippen LogP contribution in [0.3, 0.4) is 0 Å². The van der Waals surface area contributed by atoms with Crippen LogP contribution in [0, 0.1) is 11.8 Å². The van der Waals surface area contributed by atoms with Gasteiger partial charge in [-0.15, -0.1) is 12.4 Å². The Labute approximate surface area is 141 Å². The highest BCUT2D eigenvalue weighted by molar-refractivity contribution is 7.84. The molecule has 1 fully saturated rings. The first kappa shape index (κ1) is 19.1. The third-order valence-electron chi connectivity index (χ3n) is 4.10. The monoisotopic (exact) mass is 344 g/mol. The molecule has 3 atom stereocenters. The van der Waals surface area contributed by atoms with E-state index in [2.05, 4.69) is 17.6 Å². The Bertz CT molecular complexity index is 519. The molecule has 22 heavy (non-hydrogen) atoms. The number of halogens is 1. The molecule has 1 aromatic carbocycles. The summed E-state index contributed by atoms with van der Waals surface area (Å²) in [6, 6.07) is 7.24. The van der Waals surface area contributed by atoms with E-state index in [-0.39, 0.29) is 18.3 Å². The van der Waals surface area contributed by atoms with Crippen LogP contribution in [0.5, 0.6) is 0 Å². The molecule has 124 valence electrons. The Hall–Kier alpha value is -0.910. The lowest BCUT2D eigenvalue weighted by Crippen LogP contribution is -2.34. The number of benzene rings is 1. The van der Waals surface area contributed by atoms with Crippen LogP contribution in [0.4, 0.5) is 5.69 Å². The summed E-state index contributed by atoms with van der Waals surface area (Å²) in [6.45, 7) is 4.25. The van der Waals surface area contributed by atoms with Gasteiger partial charge in [0.1, 0.15) is 0 Å². The Morgan fingerprint density at radius 3 is 2.91 bits per heavy atom. The topological polar surface area (TPSA) is 58.2 Å². The van der Waals surface area contributed by atoms with E-state index in [1.54, 1.807) is 12.3 Å². The first-order chi connectivity index (χ1) is 10.1. The number of nitrogens with one attached hydrogen (secondary N) is 2. The highest BCUT2D eigenvalue weighted by atomic mass is 35.5. The van der Waals surface area contributed by atoms with Gasteiger partial charge in [0.2, 0.25) is 5.91 Å². The summed E-state index contributed by atoms with van der Waals surface area (Å²) in [5.74, 6) is 0.993. The summed E-state index contributed by atoms with van der Waals surface area (Å²) in [7, 11) is -1.03. The zero-order chi connectivity index (χ0) is 15.2. The fraction of sp³-hybridized carbons (Fsp3) is 0.562. The molecule has 1 aromatic rings. The minimum absolute atomic E-state index is 0. The number of carbonyl (C=O) groups is 1. The SMILES string of the molecule is CC(CC(=O)Nc1cccc(S(C)=O)c1)C1CCCNC1.Cl. The number of amides is 1. The van der Waals surface area contributed by atoms with E-state index in [0.717, 1.165) is 23.7 Å². The second-order valence-electron chi connectivity index (χ2n) is 5.82. The van der Waals surface area contributed by atoms with Crippen molar-refractivity contribution < 1.29 is 9.00 Å². The fourth-order valence-electron chi connectivity index (χ4n) is 2.79. The lowest BCUT2D eigenvalue weighted by molar-refractivity contribution is -0.117. The quantitative estimate of drug-likeness (QED) is 0.863. The molecule has 1 aliphatic heterocycles. The minimum atomic E-state index is -1.03. The summed E-state index contributed by atoms with van der Waals surface area (Å²) >= 11 is 0. The Morgan fingerprint density at radius 2 is 2.27 bits per heavy atom. The maximum atomic E-state index is 12.1. The lowest BCUT2D eigenvalue weighted by atomic mass is 9.85. The van der Waals surface area contributed by atoms with Crippen LogP contribution in [0.1, 0.15) is 26.2 Å². The molecule has 0 spiro atoms. The van der Waals surface area contributed by atoms with Crippen LogP contribution >= 0.6 is 12.4 Å². The van der Waals surface area contributed by atoms with Crippen molar-refractivity contribution in [1.29, 1.82) is 0 Å². The van der Waals surface area contributed by atoms with E-state index in [1.807, 2.05) is 18.2 Å². The number of rotatable bonds is 5. The standard InChI is InChI=1S/C16H24N2O2S.ClH/c1-12(13-5-4-8-17-11-13)9-16(19)18-14-6-3-7-15(10-14)21(2)20;/h3,6-7,10,12-13,17H,4-5,8-9,11H2,1-2H3,(H,18,19);1H. The largest absolute Gasteiger partial charge is 0.326 e. The van der Waals surface area contributed by atoms with Crippen molar-refractivity contribution in [2.24, 2.45) is 11.8 Å². The molecule has 0 aromatic heterocycles. The molecule has 0 aliphatic carbocycles. The molecule has 2 rings (SSSR count). The van der Waals surface area contributed by atoms with Crippen LogP contribution in [-0.2, 0) is 15.6 Å². The maximum absolute atomic E-state index is 12.1. The van der Waals surface area contributed by atoms with Crippen molar-refractivity contribution in [2.45, 2.75) is 31.1 Å². The third-order valence-corrected chi connectivity index (χ3v) is 5.01. The highest BCUT2D eigenvalue weighted by Gasteiger charge is 2.22. The van der Waals surface area contributed by atoms with Crippen molar-refractivity contribution in [3.8, 4) is 0 Å². The number of piperidine rings is 1. The molecular formula is C16H25ClN2O2S. The van der Waals surface area contributed by atoms with Gasteiger partial charge in [-0.25, -0.2) is 0 Å². The molecule has 0 bridgehead atoms. The summed E-state index contributed by atoms with van der Waals surface area (Å²) in [5.41, 5.74) is 0.724. The van der Waals surface area contributed by atoms with Gasteiger partial charge in [-0.3, -0.25) is 9.00 Å². The smallest absolute Gasteiger partial charge is 0.224 e. The van der Waals surface area contributed by atoms with Crippen molar-refractivity contribution in [2.75, 3.05) is 24.7 Å². The molecule has 4 nitrogen and oxygen atoms in total. The van der Waals surface area contributed by atoms with Crippen LogP contribution in [0.15, 0.2) is 29.2 Å². The van der Waals surface area contributed by atoms with E-state index in [0.29, 0.717) is 18.3 Å². The fourth-order valence-corrected chi connectivity index (χ4v) is 3.35. The maximum Gasteiger partial charge on any atom is 0.224 e. The Morgan fingerprint density at radius 1 is 1.50 bits per heavy atom. The predicted molar refractivity (Wildman–Crippen MR) is 94.0 cm³/mol. The highest BCUT2D eigenvalue weighted by Crippen LogP contribution is 2.23. The number of carbonyl (C=O) groups excluding carboxylic acids is 1. The van der Waals surface area contributed by atoms with E-state index >= 15 is 0 Å². The van der Waals surface area contributed by atoms with Crippen LogP contribution < -0.4 is 10.6 Å². The molecule has 1 aliphatic rings. The van der Waals surface area contributed by atoms with Gasteiger partial charge < -0.3 is 10.6 Å². The molecule has 1 heterocycles. The summed E-state index contributed by atoms with van der Waals surface area (Å²) in [4.78, 5) is 12.9. The van der Waals surface area contributed by atoms with Crippen molar-refractivity contribution in [3.63, 3.8) is 0 Å². The first-order valence-corrected chi connectivity index (χ1v) is 9.06. The van der Waals surface area contributed by atoms with E-state index < -0.39 is 10.8 Å². The third kappa shape index (κ3) is 5.71. The molecular weight excluding hydrogens is 320 g/mol. The molecule has 1 amide bonds. The Kier molecular flexibility index (Phi) is 8.07. The second kappa shape index (κ2) is 9.28. The lowest BCUT2D eigenvalue weighted by Gasteiger charge is -2.28. The van der Waals surface area contributed by atoms with Gasteiger partial charge in [0.25, 0.3) is 0 Å². The number of hydrogen-bond acceptors (Lipinski definition) is 3. The Balaban J connectivity index is 0.00000242. The van der Waals surface area contributed by atoms with Gasteiger partial charge in [0.05, 0.1) is 0 Å². The average molecular weight is 345 g/mol. The van der Waals surface area contributed by atoms with Gasteiger partial charge in [-0.1, -0.05) is 13.0 Å². The van der Waals surface area contributed by atoms with Gasteiger partial charge in [0.15, 0.2) is 0 Å². The van der Waals surface area contributed by atoms with Crippen LogP contribution in [-0.4, -0.2) is 29.5 Å². The average Bonchev–Trinajstić information content (AvgIpc) is 2.48. The van der Waals surface area contributed by atoms with Crippen molar-refractivity contribution in [3.05, 3.63) is 24.3 Å². The predicted octanol–water partition coefficient (Wildman–Crippen LogP) is 2.81. The molecule has 6 heteroatoms. The molecule has 0 radical (unpaired) electrons. The van der Waals surface area contributed by atoms with Gasteiger partial charge >= 0.3 is 0 Å². The molecule has 3 unspecified atom stereocenters. The normalized spacial score (nSPS) is 20.5. The molecule has 2 N–H and O–H groups in total. The zero-order valence-electron chi connectivity index (χ0n) is 13.1. The second-order valence-corrected chi connectivity index (χ2v) is 7.20. The first-order valence-electron chi connectivity index (χ1n) is 7.50. The summed E-state index contributed by atoms with van der Waals surface area (Å²) in [5, 5.41) is 6.31. The van der Waals surface area contributed by atoms with Gasteiger partial charge in [-0.05, 0) is 56.0 Å². The van der Waals surface area contributed by atoms with Gasteiger partial charge in [0, 0.05) is 34.1 Å². The number of anilines is 1. The van der Waals surface area contributed by atoms with E-state index in [9.17, 15) is 9.00 Å².